The largest absolute Gasteiger partial charge is 0.469 e. The molecule has 1 heterocycles. The Morgan fingerprint density at radius 2 is 1.69 bits per heavy atom. The van der Waals surface area contributed by atoms with Crippen LogP contribution in [-0.4, -0.2) is 66.9 Å². The van der Waals surface area contributed by atoms with Crippen molar-refractivity contribution in [1.82, 2.24) is 9.80 Å². The Kier molecular flexibility index (Phi) is 7.25. The number of anilines is 1. The number of carbonyl (C=O) groups excluding carboxylic acids is 3. The van der Waals surface area contributed by atoms with E-state index in [0.29, 0.717) is 32.1 Å². The Bertz CT molecular complexity index is 720. The van der Waals surface area contributed by atoms with Crippen molar-refractivity contribution in [2.24, 2.45) is 5.92 Å². The lowest BCUT2D eigenvalue weighted by Crippen LogP contribution is -2.57. The Morgan fingerprint density at radius 1 is 1.07 bits per heavy atom. The maximum Gasteiger partial charge on any atom is 0.315 e. The molecule has 0 spiro atoms. The highest BCUT2D eigenvalue weighted by Crippen LogP contribution is 2.31. The predicted octanol–water partition coefficient (Wildman–Crippen LogP) is 2.20. The van der Waals surface area contributed by atoms with Crippen molar-refractivity contribution in [3.8, 4) is 0 Å². The van der Waals surface area contributed by atoms with E-state index >= 15 is 0 Å². The number of methoxy groups -OCH3 is 1. The fourth-order valence-electron chi connectivity index (χ4n) is 4.36. The maximum absolute atomic E-state index is 13.2. The molecule has 0 aromatic heterocycles. The Hall–Kier alpha value is -2.41. The minimum Gasteiger partial charge on any atom is -0.469 e. The zero-order valence-electron chi connectivity index (χ0n) is 17.4. The van der Waals surface area contributed by atoms with Gasteiger partial charge in [-0.2, -0.15) is 0 Å². The zero-order chi connectivity index (χ0) is 20.8. The fourth-order valence-corrected chi connectivity index (χ4v) is 4.36. The molecule has 29 heavy (non-hydrogen) atoms. The number of hydrogen-bond acceptors (Lipinski definition) is 5. The first-order chi connectivity index (χ1) is 14.0. The number of aryl methyl sites for hydroxylation is 1. The molecule has 2 amide bonds. The standard InChI is InChI=1S/C22H31N3O4/c1-16-7-9-18(10-8-16)23-22(28)21(17-5-3-4-6-17)25-13-11-24(12-14-25)19(26)15-20(27)29-2/h7-10,17,21H,3-6,11-15H2,1-2H3,(H,23,28). The van der Waals surface area contributed by atoms with Gasteiger partial charge >= 0.3 is 5.97 Å². The molecule has 0 radical (unpaired) electrons. The highest BCUT2D eigenvalue weighted by molar-refractivity contribution is 5.95. The Balaban J connectivity index is 1.63. The number of nitrogens with one attached hydrogen (secondary N) is 1. The molecule has 1 saturated heterocycles. The molecule has 2 aliphatic rings. The van der Waals surface area contributed by atoms with Gasteiger partial charge in [-0.25, -0.2) is 0 Å². The van der Waals surface area contributed by atoms with E-state index < -0.39 is 5.97 Å². The van der Waals surface area contributed by atoms with Crippen molar-refractivity contribution in [3.05, 3.63) is 29.8 Å². The lowest BCUT2D eigenvalue weighted by Gasteiger charge is -2.40. The molecule has 1 aromatic carbocycles. The molecule has 1 aromatic rings. The smallest absolute Gasteiger partial charge is 0.315 e. The van der Waals surface area contributed by atoms with E-state index in [2.05, 4.69) is 15.0 Å². The molecule has 3 rings (SSSR count). The van der Waals surface area contributed by atoms with Crippen molar-refractivity contribution < 1.29 is 19.1 Å². The number of benzene rings is 1. The predicted molar refractivity (Wildman–Crippen MR) is 110 cm³/mol. The second-order valence-electron chi connectivity index (χ2n) is 8.01. The van der Waals surface area contributed by atoms with Crippen LogP contribution in [0.15, 0.2) is 24.3 Å². The molecule has 1 aliphatic carbocycles. The SMILES string of the molecule is COC(=O)CC(=O)N1CCN(C(C(=O)Nc2ccc(C)cc2)C2CCCC2)CC1. The number of amides is 2. The zero-order valence-corrected chi connectivity index (χ0v) is 17.4. The normalized spacial score (nSPS) is 19.0. The summed E-state index contributed by atoms with van der Waals surface area (Å²) in [6.07, 6.45) is 4.23. The highest BCUT2D eigenvalue weighted by Gasteiger charge is 2.37. The van der Waals surface area contributed by atoms with E-state index in [0.717, 1.165) is 36.9 Å². The van der Waals surface area contributed by atoms with Crippen LogP contribution in [0, 0.1) is 12.8 Å². The summed E-state index contributed by atoms with van der Waals surface area (Å²) in [4.78, 5) is 40.7. The van der Waals surface area contributed by atoms with Crippen LogP contribution >= 0.6 is 0 Å². The van der Waals surface area contributed by atoms with Crippen LogP contribution in [0.4, 0.5) is 5.69 Å². The Labute approximate surface area is 172 Å². The second kappa shape index (κ2) is 9.87. The third kappa shape index (κ3) is 5.56. The topological polar surface area (TPSA) is 79.0 Å². The van der Waals surface area contributed by atoms with Gasteiger partial charge in [-0.1, -0.05) is 30.5 Å². The summed E-state index contributed by atoms with van der Waals surface area (Å²) in [5, 5.41) is 3.09. The summed E-state index contributed by atoms with van der Waals surface area (Å²) < 4.78 is 4.58. The number of nitrogens with zero attached hydrogens (tertiary/aromatic N) is 2. The molecule has 0 bridgehead atoms. The number of piperazine rings is 1. The first-order valence-corrected chi connectivity index (χ1v) is 10.4. The van der Waals surface area contributed by atoms with Crippen molar-refractivity contribution in [2.45, 2.75) is 45.1 Å². The Morgan fingerprint density at radius 3 is 2.28 bits per heavy atom. The molecule has 1 unspecified atom stereocenters. The van der Waals surface area contributed by atoms with Crippen LogP contribution < -0.4 is 5.32 Å². The van der Waals surface area contributed by atoms with Crippen LogP contribution in [0.3, 0.4) is 0 Å². The molecular weight excluding hydrogens is 370 g/mol. The van der Waals surface area contributed by atoms with Gasteiger partial charge in [0.2, 0.25) is 11.8 Å². The van der Waals surface area contributed by atoms with Gasteiger partial charge in [0, 0.05) is 31.9 Å². The maximum atomic E-state index is 13.2. The summed E-state index contributed by atoms with van der Waals surface area (Å²) in [5.74, 6) is -0.343. The van der Waals surface area contributed by atoms with E-state index in [-0.39, 0.29) is 24.3 Å². The van der Waals surface area contributed by atoms with Crippen LogP contribution in [0.1, 0.15) is 37.7 Å². The first-order valence-electron chi connectivity index (χ1n) is 10.4. The summed E-state index contributed by atoms with van der Waals surface area (Å²) >= 11 is 0. The molecule has 2 fully saturated rings. The van der Waals surface area contributed by atoms with E-state index in [1.54, 1.807) is 4.90 Å². The molecule has 1 saturated carbocycles. The van der Waals surface area contributed by atoms with Gasteiger partial charge < -0.3 is 15.0 Å². The van der Waals surface area contributed by atoms with Gasteiger partial charge in [-0.3, -0.25) is 19.3 Å². The minimum absolute atomic E-state index is 0.0371. The quantitative estimate of drug-likeness (QED) is 0.584. The van der Waals surface area contributed by atoms with Crippen molar-refractivity contribution in [1.29, 1.82) is 0 Å². The van der Waals surface area contributed by atoms with Crippen LogP contribution in [-0.2, 0) is 19.1 Å². The lowest BCUT2D eigenvalue weighted by atomic mass is 9.94. The van der Waals surface area contributed by atoms with E-state index in [1.165, 1.54) is 7.11 Å². The molecule has 1 N–H and O–H groups in total. The van der Waals surface area contributed by atoms with Gasteiger partial charge in [0.05, 0.1) is 13.2 Å². The summed E-state index contributed by atoms with van der Waals surface area (Å²) in [6.45, 7) is 4.34. The van der Waals surface area contributed by atoms with E-state index in [4.69, 9.17) is 0 Å². The van der Waals surface area contributed by atoms with Crippen LogP contribution in [0.25, 0.3) is 0 Å². The second-order valence-corrected chi connectivity index (χ2v) is 8.01. The van der Waals surface area contributed by atoms with Crippen molar-refractivity contribution in [3.63, 3.8) is 0 Å². The summed E-state index contributed by atoms with van der Waals surface area (Å²) in [6, 6.07) is 7.67. The molecule has 1 atom stereocenters. The van der Waals surface area contributed by atoms with Crippen LogP contribution in [0.2, 0.25) is 0 Å². The summed E-state index contributed by atoms with van der Waals surface area (Å²) in [5.41, 5.74) is 1.97. The van der Waals surface area contributed by atoms with Crippen molar-refractivity contribution >= 4 is 23.5 Å². The average Bonchev–Trinajstić information content (AvgIpc) is 3.24. The third-order valence-corrected chi connectivity index (χ3v) is 6.02. The third-order valence-electron chi connectivity index (χ3n) is 6.02. The molecule has 7 heteroatoms. The lowest BCUT2D eigenvalue weighted by molar-refractivity contribution is -0.147. The monoisotopic (exact) mass is 401 g/mol. The molecule has 1 aliphatic heterocycles. The van der Waals surface area contributed by atoms with Gasteiger partial charge in [-0.15, -0.1) is 0 Å². The molecule has 158 valence electrons. The number of rotatable bonds is 6. The van der Waals surface area contributed by atoms with Gasteiger partial charge in [0.15, 0.2) is 0 Å². The van der Waals surface area contributed by atoms with Gasteiger partial charge in [0.25, 0.3) is 0 Å². The molecular formula is C22H31N3O4. The number of esters is 1. The van der Waals surface area contributed by atoms with Gasteiger partial charge in [0.1, 0.15) is 6.42 Å². The minimum atomic E-state index is -0.515. The first kappa shape index (κ1) is 21.3. The highest BCUT2D eigenvalue weighted by atomic mass is 16.5. The fraction of sp³-hybridized carbons (Fsp3) is 0.591. The number of hydrogen-bond donors (Lipinski definition) is 1. The van der Waals surface area contributed by atoms with Crippen LogP contribution in [0.5, 0.6) is 0 Å². The number of ether oxygens (including phenoxy) is 1. The van der Waals surface area contributed by atoms with E-state index in [9.17, 15) is 14.4 Å². The van der Waals surface area contributed by atoms with Gasteiger partial charge in [-0.05, 0) is 37.8 Å². The number of carbonyl (C=O) groups is 3. The molecule has 7 nitrogen and oxygen atoms in total. The average molecular weight is 402 g/mol. The van der Waals surface area contributed by atoms with Crippen molar-refractivity contribution in [2.75, 3.05) is 38.6 Å². The van der Waals surface area contributed by atoms with E-state index in [1.807, 2.05) is 31.2 Å². The summed E-state index contributed by atoms with van der Waals surface area (Å²) in [7, 11) is 1.28.